The number of methoxy groups -OCH3 is 1. The van der Waals surface area contributed by atoms with Crippen molar-refractivity contribution in [3.63, 3.8) is 0 Å². The Kier molecular flexibility index (Phi) is 4.75. The summed E-state index contributed by atoms with van der Waals surface area (Å²) in [4.78, 5) is 24.7. The second-order valence-corrected chi connectivity index (χ2v) is 7.15. The molecular weight excluding hydrogens is 413 g/mol. The number of hydrogen-bond acceptors (Lipinski definition) is 7. The summed E-state index contributed by atoms with van der Waals surface area (Å²) in [7, 11) is 1.20. The first-order valence-corrected chi connectivity index (χ1v) is 8.64. The maximum absolute atomic E-state index is 13.1. The molecule has 0 aromatic heterocycles. The topological polar surface area (TPSA) is 82.1 Å². The molecule has 0 saturated carbocycles. The summed E-state index contributed by atoms with van der Waals surface area (Å²) in [5.41, 5.74) is -6.73. The molecule has 2 atom stereocenters. The lowest BCUT2D eigenvalue weighted by atomic mass is 9.75. The van der Waals surface area contributed by atoms with Gasteiger partial charge < -0.3 is 18.8 Å². The lowest BCUT2D eigenvalue weighted by molar-refractivity contribution is -0.118. The minimum Gasteiger partial charge on any atom is -0.507 e. The van der Waals surface area contributed by atoms with Gasteiger partial charge in [0.25, 0.3) is 0 Å². The Morgan fingerprint density at radius 1 is 1.37 bits per heavy atom. The highest BCUT2D eigenvalue weighted by atomic mass is 35.5. The van der Waals surface area contributed by atoms with Gasteiger partial charge in [-0.05, 0) is 0 Å². The van der Waals surface area contributed by atoms with Gasteiger partial charge in [0.1, 0.15) is 22.1 Å². The van der Waals surface area contributed by atoms with Crippen molar-refractivity contribution >= 4 is 35.2 Å². The van der Waals surface area contributed by atoms with Crippen LogP contribution in [0.5, 0.6) is 17.2 Å². The Morgan fingerprint density at radius 2 is 2.04 bits per heavy atom. The summed E-state index contributed by atoms with van der Waals surface area (Å²) < 4.78 is 52.6. The molecule has 146 valence electrons. The van der Waals surface area contributed by atoms with Crippen molar-refractivity contribution < 1.29 is 41.5 Å². The zero-order valence-corrected chi connectivity index (χ0v) is 15.4. The van der Waals surface area contributed by atoms with Crippen LogP contribution >= 0.6 is 23.6 Å². The van der Waals surface area contributed by atoms with Crippen LogP contribution < -0.4 is 13.7 Å². The highest BCUT2D eigenvalue weighted by Gasteiger charge is 2.59. The summed E-state index contributed by atoms with van der Waals surface area (Å²) in [5.74, 6) is -3.28. The fraction of sp³-hybridized carbons (Fsp3) is 0.375. The zero-order chi connectivity index (χ0) is 20.1. The maximum atomic E-state index is 13.1. The van der Waals surface area contributed by atoms with Gasteiger partial charge in [0, 0.05) is 24.5 Å². The number of rotatable bonds is 3. The van der Waals surface area contributed by atoms with Gasteiger partial charge in [-0.2, -0.15) is 13.2 Å². The summed E-state index contributed by atoms with van der Waals surface area (Å²) in [5, 5.41) is 9.92. The number of aliphatic hydroxyl groups excluding tert-OH is 1. The fourth-order valence-electron chi connectivity index (χ4n) is 3.12. The second kappa shape index (κ2) is 6.52. The van der Waals surface area contributed by atoms with Gasteiger partial charge in [0.05, 0.1) is 7.11 Å². The number of fused-ring (bicyclic) bond motifs is 1. The van der Waals surface area contributed by atoms with E-state index in [0.717, 1.165) is 12.1 Å². The number of ketones is 2. The summed E-state index contributed by atoms with van der Waals surface area (Å²) in [6.07, 6.45) is 0.818. The van der Waals surface area contributed by atoms with E-state index >= 15 is 0 Å². The van der Waals surface area contributed by atoms with Crippen molar-refractivity contribution in [2.45, 2.75) is 24.5 Å². The number of hydrogen-bond donors (Lipinski definition) is 1. The Morgan fingerprint density at radius 3 is 2.59 bits per heavy atom. The van der Waals surface area contributed by atoms with Crippen LogP contribution in [0.2, 0.25) is 5.02 Å². The Bertz CT molecular complexity index is 869. The zero-order valence-electron chi connectivity index (χ0n) is 13.8. The summed E-state index contributed by atoms with van der Waals surface area (Å²) >= 11 is 5.31. The van der Waals surface area contributed by atoms with E-state index < -0.39 is 46.4 Å². The molecule has 1 N–H and O–H groups in total. The molecule has 0 unspecified atom stereocenters. The summed E-state index contributed by atoms with van der Waals surface area (Å²) in [6, 6.07) is 1.03. The molecule has 0 fully saturated rings. The quantitative estimate of drug-likeness (QED) is 0.726. The number of aliphatic hydroxyl groups is 1. The average molecular weight is 425 g/mol. The number of benzene rings is 1. The molecule has 1 aliphatic carbocycles. The molecule has 0 bridgehead atoms. The van der Waals surface area contributed by atoms with E-state index in [0.29, 0.717) is 0 Å². The van der Waals surface area contributed by atoms with Gasteiger partial charge in [-0.15, -0.1) is 0 Å². The van der Waals surface area contributed by atoms with Crippen molar-refractivity contribution in [3.8, 4) is 17.2 Å². The van der Waals surface area contributed by atoms with Gasteiger partial charge in [-0.1, -0.05) is 18.5 Å². The van der Waals surface area contributed by atoms with Crippen LogP contribution in [0, 0.1) is 5.92 Å². The number of ether oxygens (including phenoxy) is 2. The minimum atomic E-state index is -4.69. The van der Waals surface area contributed by atoms with E-state index in [-0.39, 0.29) is 34.3 Å². The molecule has 1 aromatic rings. The largest absolute Gasteiger partial charge is 0.507 e. The molecule has 2 aliphatic rings. The van der Waals surface area contributed by atoms with Gasteiger partial charge in [0.15, 0.2) is 29.3 Å². The van der Waals surface area contributed by atoms with Gasteiger partial charge in [-0.3, -0.25) is 9.59 Å². The first-order valence-electron chi connectivity index (χ1n) is 7.52. The van der Waals surface area contributed by atoms with Crippen LogP contribution in [0.4, 0.5) is 13.2 Å². The van der Waals surface area contributed by atoms with Crippen LogP contribution in [0.25, 0.3) is 0 Å². The van der Waals surface area contributed by atoms with E-state index in [1.54, 1.807) is 0 Å². The Hall–Kier alpha value is -2.07. The van der Waals surface area contributed by atoms with Crippen LogP contribution in [-0.2, 0) is 4.79 Å². The third-order valence-electron chi connectivity index (χ3n) is 4.30. The van der Waals surface area contributed by atoms with Crippen molar-refractivity contribution in [2.75, 3.05) is 7.11 Å². The van der Waals surface area contributed by atoms with Crippen LogP contribution in [0.1, 0.15) is 23.7 Å². The molecule has 0 saturated heterocycles. The smallest absolute Gasteiger partial charge is 0.479 e. The normalized spacial score (nSPS) is 24.5. The molecular formula is C16H12ClF3O6S. The van der Waals surface area contributed by atoms with E-state index in [2.05, 4.69) is 4.18 Å². The molecule has 3 rings (SSSR count). The molecule has 0 radical (unpaired) electrons. The van der Waals surface area contributed by atoms with Gasteiger partial charge in [-0.25, -0.2) is 0 Å². The first-order chi connectivity index (χ1) is 12.5. The molecule has 0 amide bonds. The van der Waals surface area contributed by atoms with Crippen molar-refractivity contribution in [3.05, 3.63) is 28.5 Å². The highest BCUT2D eigenvalue weighted by molar-refractivity contribution is 7.95. The molecule has 1 aromatic carbocycles. The maximum Gasteiger partial charge on any atom is 0.479 e. The number of carbonyl (C=O) groups excluding carboxylic acids is 2. The Labute approximate surface area is 160 Å². The van der Waals surface area contributed by atoms with E-state index in [1.165, 1.54) is 14.0 Å². The van der Waals surface area contributed by atoms with E-state index in [1.807, 2.05) is 0 Å². The highest BCUT2D eigenvalue weighted by Crippen LogP contribution is 2.54. The predicted molar refractivity (Wildman–Crippen MR) is 89.5 cm³/mol. The van der Waals surface area contributed by atoms with Crippen LogP contribution in [0.3, 0.4) is 0 Å². The standard InChI is InChI=1S/C16H12ClF3O6S/c1-6-3-7(21)4-10(22)15(6)14(23)11-8(24-2)5-9(12(17)13(11)25-15)26-27-16(18,19)20/h4-6,22H,3H2,1-2H3/t6-,15+/m1/s1. The van der Waals surface area contributed by atoms with Gasteiger partial charge in [0.2, 0.25) is 11.4 Å². The number of Topliss-reactive ketones (excluding diaryl/α,β-unsaturated/α-hetero) is 1. The fourth-order valence-corrected chi connectivity index (χ4v) is 3.70. The lowest BCUT2D eigenvalue weighted by Crippen LogP contribution is -2.51. The van der Waals surface area contributed by atoms with E-state index in [9.17, 15) is 27.9 Å². The van der Waals surface area contributed by atoms with Crippen LogP contribution in [0.15, 0.2) is 17.9 Å². The van der Waals surface area contributed by atoms with Gasteiger partial charge >= 0.3 is 5.51 Å². The van der Waals surface area contributed by atoms with E-state index in [4.69, 9.17) is 21.1 Å². The third-order valence-corrected chi connectivity index (χ3v) is 5.11. The molecule has 1 aliphatic heterocycles. The van der Waals surface area contributed by atoms with Crippen molar-refractivity contribution in [1.82, 2.24) is 0 Å². The first kappa shape index (κ1) is 19.7. The molecule has 6 nitrogen and oxygen atoms in total. The molecule has 11 heteroatoms. The Balaban J connectivity index is 2.12. The predicted octanol–water partition coefficient (Wildman–Crippen LogP) is 4.26. The molecule has 1 heterocycles. The minimum absolute atomic E-state index is 0.0724. The lowest BCUT2D eigenvalue weighted by Gasteiger charge is -2.34. The number of allylic oxidation sites excluding steroid dienone is 1. The number of alkyl halides is 3. The number of halogens is 4. The second-order valence-electron chi connectivity index (χ2n) is 5.98. The average Bonchev–Trinajstić information content (AvgIpc) is 2.87. The van der Waals surface area contributed by atoms with Crippen molar-refractivity contribution in [1.29, 1.82) is 0 Å². The van der Waals surface area contributed by atoms with Crippen LogP contribution in [-0.4, -0.2) is 34.9 Å². The summed E-state index contributed by atoms with van der Waals surface area (Å²) in [6.45, 7) is 1.53. The number of carbonyl (C=O) groups is 2. The SMILES string of the molecule is COc1cc(OSC(F)(F)F)c(Cl)c2c1C(=O)[C@@]1(O2)C(O)=CC(=O)C[C@H]1C. The third kappa shape index (κ3) is 3.10. The van der Waals surface area contributed by atoms with Crippen molar-refractivity contribution in [2.24, 2.45) is 5.92 Å². The molecule has 27 heavy (non-hydrogen) atoms. The monoisotopic (exact) mass is 424 g/mol. The molecule has 1 spiro atoms.